The standard InChI is InChI=1S/C24H17ClF5N3O2.3CH4/c1-13(32-23(34)24(28,29)30)22(14-2-4-16(26)5-3-14)35-21-10-15-12-31-33(20(15)11-19(21)25)18-8-6-17(27)7-9-18;;;/h2-13,22H,1H3,(H,32,34);3*1H4/t13-,22-;;;/m0.../s1. The molecule has 1 heterocycles. The third-order valence-corrected chi connectivity index (χ3v) is 5.51. The quantitative estimate of drug-likeness (QED) is 0.244. The number of rotatable bonds is 6. The molecule has 38 heavy (non-hydrogen) atoms. The molecular weight excluding hydrogens is 529 g/mol. The number of amides is 1. The lowest BCUT2D eigenvalue weighted by Gasteiger charge is -2.27. The molecule has 4 aromatic rings. The summed E-state index contributed by atoms with van der Waals surface area (Å²) in [5.41, 5.74) is 1.48. The van der Waals surface area contributed by atoms with Crippen LogP contribution in [0.5, 0.6) is 5.75 Å². The Morgan fingerprint density at radius 2 is 1.53 bits per heavy atom. The van der Waals surface area contributed by atoms with Crippen molar-refractivity contribution in [2.24, 2.45) is 0 Å². The smallest absolute Gasteiger partial charge is 0.471 e. The monoisotopic (exact) mass is 557 g/mol. The Balaban J connectivity index is 0.00000241. The van der Waals surface area contributed by atoms with Gasteiger partial charge in [-0.15, -0.1) is 0 Å². The van der Waals surface area contributed by atoms with E-state index in [0.717, 1.165) is 12.1 Å². The van der Waals surface area contributed by atoms with Crippen molar-refractivity contribution in [1.29, 1.82) is 0 Å². The molecule has 0 spiro atoms. The summed E-state index contributed by atoms with van der Waals surface area (Å²) in [6, 6.07) is 12.5. The van der Waals surface area contributed by atoms with Crippen molar-refractivity contribution in [3.05, 3.63) is 89.1 Å². The van der Waals surface area contributed by atoms with E-state index < -0.39 is 35.9 Å². The molecule has 4 rings (SSSR count). The predicted octanol–water partition coefficient (Wildman–Crippen LogP) is 8.05. The van der Waals surface area contributed by atoms with Gasteiger partial charge in [-0.2, -0.15) is 18.3 Å². The first-order valence-electron chi connectivity index (χ1n) is 10.3. The fourth-order valence-corrected chi connectivity index (χ4v) is 3.72. The second kappa shape index (κ2) is 12.7. The van der Waals surface area contributed by atoms with E-state index in [0.29, 0.717) is 22.2 Å². The summed E-state index contributed by atoms with van der Waals surface area (Å²) < 4.78 is 72.6. The van der Waals surface area contributed by atoms with Crippen molar-refractivity contribution in [2.45, 2.75) is 47.5 Å². The maximum Gasteiger partial charge on any atom is 0.471 e. The van der Waals surface area contributed by atoms with Crippen LogP contribution in [-0.4, -0.2) is 27.9 Å². The molecule has 0 aliphatic rings. The van der Waals surface area contributed by atoms with Gasteiger partial charge in [0.15, 0.2) is 0 Å². The average molecular weight is 558 g/mol. The lowest BCUT2D eigenvalue weighted by atomic mass is 10.0. The van der Waals surface area contributed by atoms with Crippen LogP contribution in [0.2, 0.25) is 5.02 Å². The van der Waals surface area contributed by atoms with Crippen LogP contribution in [0.3, 0.4) is 0 Å². The first-order chi connectivity index (χ1) is 16.5. The van der Waals surface area contributed by atoms with Crippen LogP contribution in [0.1, 0.15) is 40.9 Å². The Bertz CT molecular complexity index is 1360. The van der Waals surface area contributed by atoms with Crippen molar-refractivity contribution in [2.75, 3.05) is 0 Å². The fourth-order valence-electron chi connectivity index (χ4n) is 3.52. The van der Waals surface area contributed by atoms with Gasteiger partial charge in [-0.1, -0.05) is 46.0 Å². The summed E-state index contributed by atoms with van der Waals surface area (Å²) in [4.78, 5) is 11.5. The van der Waals surface area contributed by atoms with Gasteiger partial charge in [-0.25, -0.2) is 13.5 Å². The molecule has 0 saturated carbocycles. The Kier molecular flexibility index (Phi) is 10.8. The van der Waals surface area contributed by atoms with Gasteiger partial charge >= 0.3 is 12.1 Å². The molecule has 0 fully saturated rings. The van der Waals surface area contributed by atoms with Crippen LogP contribution < -0.4 is 10.1 Å². The van der Waals surface area contributed by atoms with Crippen LogP contribution in [0.15, 0.2) is 66.9 Å². The molecule has 0 bridgehead atoms. The number of aromatic nitrogens is 2. The SMILES string of the molecule is C.C.C.C[C@H](NC(=O)C(F)(F)F)[C@H](Oc1cc2cnn(-c3ccc(F)cc3)c2cc1Cl)c1ccc(F)cc1. The summed E-state index contributed by atoms with van der Waals surface area (Å²) >= 11 is 6.43. The number of alkyl halides is 3. The van der Waals surface area contributed by atoms with Gasteiger partial charge in [0.2, 0.25) is 0 Å². The molecule has 3 aromatic carbocycles. The summed E-state index contributed by atoms with van der Waals surface area (Å²) in [6.45, 7) is 1.33. The molecule has 1 amide bonds. The predicted molar refractivity (Wildman–Crippen MR) is 140 cm³/mol. The molecule has 5 nitrogen and oxygen atoms in total. The molecule has 206 valence electrons. The van der Waals surface area contributed by atoms with Crippen molar-refractivity contribution in [3.63, 3.8) is 0 Å². The van der Waals surface area contributed by atoms with E-state index in [2.05, 4.69) is 5.10 Å². The topological polar surface area (TPSA) is 56.1 Å². The number of hydrogen-bond acceptors (Lipinski definition) is 3. The molecule has 11 heteroatoms. The van der Waals surface area contributed by atoms with Gasteiger partial charge in [-0.05, 0) is 61.0 Å². The summed E-state index contributed by atoms with van der Waals surface area (Å²) in [5.74, 6) is -2.98. The van der Waals surface area contributed by atoms with Crippen LogP contribution in [0, 0.1) is 11.6 Å². The highest BCUT2D eigenvalue weighted by Gasteiger charge is 2.40. The maximum atomic E-state index is 13.4. The number of nitrogens with zero attached hydrogens (tertiary/aromatic N) is 2. The first-order valence-corrected chi connectivity index (χ1v) is 10.6. The minimum Gasteiger partial charge on any atom is -0.482 e. The van der Waals surface area contributed by atoms with Crippen LogP contribution in [-0.2, 0) is 4.79 Å². The van der Waals surface area contributed by atoms with Gasteiger partial charge in [0.05, 0.1) is 28.5 Å². The second-order valence-corrected chi connectivity index (χ2v) is 8.13. The lowest BCUT2D eigenvalue weighted by Crippen LogP contribution is -2.45. The second-order valence-electron chi connectivity index (χ2n) is 7.72. The van der Waals surface area contributed by atoms with E-state index in [4.69, 9.17) is 16.3 Å². The van der Waals surface area contributed by atoms with Gasteiger partial charge in [0.25, 0.3) is 0 Å². The van der Waals surface area contributed by atoms with Crippen LogP contribution in [0.25, 0.3) is 16.6 Å². The molecule has 0 saturated heterocycles. The number of carbonyl (C=O) groups excluding carboxylic acids is 1. The highest BCUT2D eigenvalue weighted by molar-refractivity contribution is 6.32. The zero-order chi connectivity index (χ0) is 25.3. The van der Waals surface area contributed by atoms with Crippen LogP contribution in [0.4, 0.5) is 22.0 Å². The van der Waals surface area contributed by atoms with E-state index in [9.17, 15) is 26.7 Å². The number of benzene rings is 3. The van der Waals surface area contributed by atoms with Gasteiger partial charge in [0.1, 0.15) is 23.5 Å². The lowest BCUT2D eigenvalue weighted by molar-refractivity contribution is -0.174. The van der Waals surface area contributed by atoms with Crippen LogP contribution >= 0.6 is 11.6 Å². The first kappa shape index (κ1) is 32.4. The Morgan fingerprint density at radius 1 is 0.974 bits per heavy atom. The molecule has 2 atom stereocenters. The van der Waals surface area contributed by atoms with E-state index >= 15 is 0 Å². The Labute approximate surface area is 223 Å². The zero-order valence-electron chi connectivity index (χ0n) is 18.0. The number of fused-ring (bicyclic) bond motifs is 1. The summed E-state index contributed by atoms with van der Waals surface area (Å²) in [7, 11) is 0. The van der Waals surface area contributed by atoms with Crippen molar-refractivity contribution in [3.8, 4) is 11.4 Å². The minimum atomic E-state index is -5.09. The normalized spacial score (nSPS) is 12.4. The van der Waals surface area contributed by atoms with E-state index in [1.54, 1.807) is 12.1 Å². The Hall–Kier alpha value is -3.66. The van der Waals surface area contributed by atoms with Gasteiger partial charge < -0.3 is 10.1 Å². The highest BCUT2D eigenvalue weighted by atomic mass is 35.5. The summed E-state index contributed by atoms with van der Waals surface area (Å²) in [6.07, 6.45) is -4.71. The summed E-state index contributed by atoms with van der Waals surface area (Å²) in [5, 5.41) is 6.85. The number of carbonyl (C=O) groups is 1. The third kappa shape index (κ3) is 7.00. The number of nitrogens with one attached hydrogen (secondary N) is 1. The van der Waals surface area contributed by atoms with Crippen molar-refractivity contribution < 1.29 is 31.5 Å². The third-order valence-electron chi connectivity index (χ3n) is 5.22. The van der Waals surface area contributed by atoms with Gasteiger partial charge in [0, 0.05) is 5.39 Å². The largest absolute Gasteiger partial charge is 0.482 e. The van der Waals surface area contributed by atoms with E-state index in [1.165, 1.54) is 54.2 Å². The fraction of sp³-hybridized carbons (Fsp3) is 0.259. The van der Waals surface area contributed by atoms with Crippen molar-refractivity contribution >= 4 is 28.4 Å². The van der Waals surface area contributed by atoms with E-state index in [1.807, 2.05) is 5.32 Å². The molecular formula is C27H29ClF5N3O2. The molecule has 0 unspecified atom stereocenters. The molecule has 1 N–H and O–H groups in total. The average Bonchev–Trinajstić information content (AvgIpc) is 3.20. The molecule has 0 radical (unpaired) electrons. The maximum absolute atomic E-state index is 13.4. The molecule has 0 aliphatic carbocycles. The minimum absolute atomic E-state index is 0. The molecule has 1 aromatic heterocycles. The number of ether oxygens (including phenoxy) is 1. The van der Waals surface area contributed by atoms with Gasteiger partial charge in [-0.3, -0.25) is 4.79 Å². The number of halogens is 6. The van der Waals surface area contributed by atoms with E-state index in [-0.39, 0.29) is 33.1 Å². The highest BCUT2D eigenvalue weighted by Crippen LogP contribution is 2.35. The zero-order valence-corrected chi connectivity index (χ0v) is 18.7. The van der Waals surface area contributed by atoms with Crippen molar-refractivity contribution in [1.82, 2.24) is 15.1 Å². The molecule has 0 aliphatic heterocycles. The Morgan fingerprint density at radius 3 is 2.08 bits per heavy atom. The number of hydrogen-bond donors (Lipinski definition) is 1.